The fraction of sp³-hybridized carbons (Fsp3) is 0.0465. The lowest BCUT2D eigenvalue weighted by molar-refractivity contribution is 0.670. The Balaban J connectivity index is 1.24. The lowest BCUT2D eigenvalue weighted by Crippen LogP contribution is -2.12. The molecule has 0 aliphatic heterocycles. The standard InChI is InChI=1S/C43H29N3O/c1-3-11-28(12-4-1)30-19-22-32(23-20-30)41-44-42(34-24-21-29-13-7-8-16-33(29)27-34)46-43(45-41)37-26-25-35(31-14-5-2-6-15-31)40-39(37)36-17-9-10-18-38(36)47-40/h1-26,34H,27H2. The molecule has 4 nitrogen and oxygen atoms in total. The van der Waals surface area contributed by atoms with E-state index in [4.69, 9.17) is 19.4 Å². The van der Waals surface area contributed by atoms with Crippen molar-refractivity contribution in [1.29, 1.82) is 0 Å². The van der Waals surface area contributed by atoms with Crippen molar-refractivity contribution in [2.24, 2.45) is 0 Å². The molecule has 2 heterocycles. The molecule has 222 valence electrons. The fourth-order valence-electron chi connectivity index (χ4n) is 6.69. The van der Waals surface area contributed by atoms with Crippen molar-refractivity contribution in [3.63, 3.8) is 0 Å². The van der Waals surface area contributed by atoms with Gasteiger partial charge in [0, 0.05) is 33.4 Å². The summed E-state index contributed by atoms with van der Waals surface area (Å²) in [4.78, 5) is 15.5. The number of rotatable bonds is 5. The summed E-state index contributed by atoms with van der Waals surface area (Å²) in [6.07, 6.45) is 5.25. The maximum atomic E-state index is 6.57. The second-order valence-electron chi connectivity index (χ2n) is 12.0. The van der Waals surface area contributed by atoms with Crippen molar-refractivity contribution in [3.8, 4) is 45.0 Å². The Bertz CT molecular complexity index is 2430. The van der Waals surface area contributed by atoms with Crippen LogP contribution in [0.3, 0.4) is 0 Å². The summed E-state index contributed by atoms with van der Waals surface area (Å²) in [7, 11) is 0. The van der Waals surface area contributed by atoms with Crippen molar-refractivity contribution >= 4 is 28.0 Å². The third-order valence-corrected chi connectivity index (χ3v) is 9.09. The molecule has 6 aromatic carbocycles. The van der Waals surface area contributed by atoms with Crippen LogP contribution >= 0.6 is 0 Å². The summed E-state index contributed by atoms with van der Waals surface area (Å²) in [5, 5.41) is 2.05. The molecular formula is C43H29N3O. The highest BCUT2D eigenvalue weighted by Crippen LogP contribution is 2.41. The van der Waals surface area contributed by atoms with Gasteiger partial charge in [-0.25, -0.2) is 15.0 Å². The Hall–Kier alpha value is -6.13. The van der Waals surface area contributed by atoms with E-state index in [0.717, 1.165) is 62.0 Å². The summed E-state index contributed by atoms with van der Waals surface area (Å²) < 4.78 is 6.57. The number of aromatic nitrogens is 3. The third-order valence-electron chi connectivity index (χ3n) is 9.09. The van der Waals surface area contributed by atoms with Crippen molar-refractivity contribution in [2.75, 3.05) is 0 Å². The summed E-state index contributed by atoms with van der Waals surface area (Å²) >= 11 is 0. The zero-order valence-corrected chi connectivity index (χ0v) is 25.5. The van der Waals surface area contributed by atoms with Crippen molar-refractivity contribution in [3.05, 3.63) is 169 Å². The van der Waals surface area contributed by atoms with E-state index in [2.05, 4.69) is 133 Å². The van der Waals surface area contributed by atoms with Crippen LogP contribution in [0.25, 0.3) is 73.0 Å². The van der Waals surface area contributed by atoms with Crippen LogP contribution in [-0.2, 0) is 6.42 Å². The number of allylic oxidation sites excluding steroid dienone is 1. The number of hydrogen-bond acceptors (Lipinski definition) is 4. The molecule has 0 amide bonds. The Kier molecular flexibility index (Phi) is 6.57. The quantitative estimate of drug-likeness (QED) is 0.196. The van der Waals surface area contributed by atoms with Gasteiger partial charge in [-0.3, -0.25) is 0 Å². The van der Waals surface area contributed by atoms with Crippen molar-refractivity contribution < 1.29 is 4.42 Å². The molecule has 8 aromatic rings. The Morgan fingerprint density at radius 1 is 0.511 bits per heavy atom. The zero-order chi connectivity index (χ0) is 31.2. The predicted octanol–water partition coefficient (Wildman–Crippen LogP) is 10.8. The van der Waals surface area contributed by atoms with E-state index in [-0.39, 0.29) is 5.92 Å². The van der Waals surface area contributed by atoms with Crippen LogP contribution in [0.4, 0.5) is 0 Å². The van der Waals surface area contributed by atoms with E-state index < -0.39 is 0 Å². The van der Waals surface area contributed by atoms with Gasteiger partial charge in [-0.15, -0.1) is 0 Å². The van der Waals surface area contributed by atoms with Crippen LogP contribution < -0.4 is 0 Å². The van der Waals surface area contributed by atoms with Gasteiger partial charge in [0.2, 0.25) is 0 Å². The molecule has 0 fully saturated rings. The van der Waals surface area contributed by atoms with E-state index in [1.54, 1.807) is 0 Å². The van der Waals surface area contributed by atoms with Crippen LogP contribution in [0, 0.1) is 0 Å². The highest BCUT2D eigenvalue weighted by Gasteiger charge is 2.23. The molecule has 47 heavy (non-hydrogen) atoms. The second kappa shape index (κ2) is 11.3. The molecule has 0 radical (unpaired) electrons. The van der Waals surface area contributed by atoms with E-state index in [1.165, 1.54) is 16.7 Å². The highest BCUT2D eigenvalue weighted by molar-refractivity contribution is 6.15. The minimum absolute atomic E-state index is 0.0224. The molecule has 0 spiro atoms. The van der Waals surface area contributed by atoms with Gasteiger partial charge in [0.15, 0.2) is 11.6 Å². The van der Waals surface area contributed by atoms with Gasteiger partial charge >= 0.3 is 0 Å². The second-order valence-corrected chi connectivity index (χ2v) is 12.0. The number of furan rings is 1. The van der Waals surface area contributed by atoms with Crippen molar-refractivity contribution in [1.82, 2.24) is 15.0 Å². The monoisotopic (exact) mass is 603 g/mol. The van der Waals surface area contributed by atoms with Crippen LogP contribution in [0.15, 0.2) is 156 Å². The number of fused-ring (bicyclic) bond motifs is 4. The fourth-order valence-corrected chi connectivity index (χ4v) is 6.69. The normalized spacial score (nSPS) is 14.0. The molecule has 2 aromatic heterocycles. The molecule has 9 rings (SSSR count). The smallest absolute Gasteiger partial charge is 0.164 e. The summed E-state index contributed by atoms with van der Waals surface area (Å²) in [5.41, 5.74) is 10.6. The van der Waals surface area contributed by atoms with Gasteiger partial charge < -0.3 is 4.42 Å². The maximum absolute atomic E-state index is 6.57. The first-order valence-electron chi connectivity index (χ1n) is 16.0. The molecule has 1 unspecified atom stereocenters. The first-order chi connectivity index (χ1) is 23.3. The van der Waals surface area contributed by atoms with E-state index >= 15 is 0 Å². The molecule has 0 bridgehead atoms. The molecule has 1 aliphatic carbocycles. The average molecular weight is 604 g/mol. The minimum atomic E-state index is 0.0224. The first kappa shape index (κ1) is 27.2. The van der Waals surface area contributed by atoms with Crippen molar-refractivity contribution in [2.45, 2.75) is 12.3 Å². The average Bonchev–Trinajstić information content (AvgIpc) is 3.55. The number of hydrogen-bond donors (Lipinski definition) is 0. The molecule has 0 N–H and O–H groups in total. The largest absolute Gasteiger partial charge is 0.455 e. The van der Waals surface area contributed by atoms with Gasteiger partial charge in [-0.2, -0.15) is 0 Å². The molecule has 1 aliphatic rings. The number of benzene rings is 6. The Labute approximate surface area is 272 Å². The third kappa shape index (κ3) is 4.91. The summed E-state index contributed by atoms with van der Waals surface area (Å²) in [5.74, 6) is 2.08. The lowest BCUT2D eigenvalue weighted by atomic mass is 9.89. The van der Waals surface area contributed by atoms with E-state index in [0.29, 0.717) is 11.6 Å². The topological polar surface area (TPSA) is 51.8 Å². The SMILES string of the molecule is C1=CC(c2nc(-c3ccc(-c4ccccc4)cc3)nc(-c3ccc(-c4ccccc4)c4oc5ccccc5c34)n2)Cc2ccccc21. The molecule has 1 atom stereocenters. The van der Waals surface area contributed by atoms with Crippen LogP contribution in [0.5, 0.6) is 0 Å². The molecule has 0 saturated carbocycles. The summed E-state index contributed by atoms with van der Waals surface area (Å²) in [6, 6.07) is 50.3. The van der Waals surface area contributed by atoms with Gasteiger partial charge in [-0.05, 0) is 52.4 Å². The number of para-hydroxylation sites is 1. The minimum Gasteiger partial charge on any atom is -0.455 e. The van der Waals surface area contributed by atoms with Crippen LogP contribution in [-0.4, -0.2) is 15.0 Å². The summed E-state index contributed by atoms with van der Waals surface area (Å²) in [6.45, 7) is 0. The highest BCUT2D eigenvalue weighted by atomic mass is 16.3. The Morgan fingerprint density at radius 3 is 1.98 bits per heavy atom. The van der Waals surface area contributed by atoms with Gasteiger partial charge in [0.05, 0.1) is 0 Å². The van der Waals surface area contributed by atoms with Crippen LogP contribution in [0.2, 0.25) is 0 Å². The molecule has 4 heteroatoms. The number of nitrogens with zero attached hydrogens (tertiary/aromatic N) is 3. The van der Waals surface area contributed by atoms with Gasteiger partial charge in [0.25, 0.3) is 0 Å². The van der Waals surface area contributed by atoms with Crippen LogP contribution in [0.1, 0.15) is 22.9 Å². The molecule has 0 saturated heterocycles. The molecular weight excluding hydrogens is 574 g/mol. The Morgan fingerprint density at radius 2 is 1.15 bits per heavy atom. The van der Waals surface area contributed by atoms with E-state index in [9.17, 15) is 0 Å². The lowest BCUT2D eigenvalue weighted by Gasteiger charge is -2.19. The first-order valence-corrected chi connectivity index (χ1v) is 16.0. The zero-order valence-electron chi connectivity index (χ0n) is 25.5. The van der Waals surface area contributed by atoms with Gasteiger partial charge in [0.1, 0.15) is 17.0 Å². The van der Waals surface area contributed by atoms with E-state index in [1.807, 2.05) is 24.3 Å². The predicted molar refractivity (Wildman–Crippen MR) is 191 cm³/mol. The maximum Gasteiger partial charge on any atom is 0.164 e. The van der Waals surface area contributed by atoms with Gasteiger partial charge in [-0.1, -0.05) is 140 Å².